The van der Waals surface area contributed by atoms with Crippen LogP contribution in [0.4, 0.5) is 5.82 Å². The van der Waals surface area contributed by atoms with Crippen molar-refractivity contribution in [3.8, 4) is 0 Å². The lowest BCUT2D eigenvalue weighted by atomic mass is 10.2. The van der Waals surface area contributed by atoms with Gasteiger partial charge in [-0.05, 0) is 36.6 Å². The van der Waals surface area contributed by atoms with Crippen LogP contribution in [0.1, 0.15) is 15.9 Å². The molecule has 8 heteroatoms. The van der Waals surface area contributed by atoms with Gasteiger partial charge in [0.05, 0.1) is 23.3 Å². The first-order valence-corrected chi connectivity index (χ1v) is 9.95. The van der Waals surface area contributed by atoms with Crippen LogP contribution in [-0.2, 0) is 6.54 Å². The summed E-state index contributed by atoms with van der Waals surface area (Å²) in [7, 11) is 0. The first kappa shape index (κ1) is 19.1. The number of amides is 1. The molecule has 0 saturated heterocycles. The van der Waals surface area contributed by atoms with Crippen LogP contribution in [0.3, 0.4) is 0 Å². The number of halogens is 3. The smallest absolute Gasteiger partial charge is 0.258 e. The molecular formula is C18H14Cl3N3OS. The number of carbonyl (C=O) groups is 1. The summed E-state index contributed by atoms with van der Waals surface area (Å²) in [6.45, 7) is 0.333. The van der Waals surface area contributed by atoms with Crippen LogP contribution >= 0.6 is 46.6 Å². The van der Waals surface area contributed by atoms with Crippen LogP contribution in [0.5, 0.6) is 0 Å². The molecule has 0 aliphatic rings. The van der Waals surface area contributed by atoms with Crippen molar-refractivity contribution in [2.45, 2.75) is 11.4 Å². The average molecular weight is 427 g/mol. The lowest BCUT2D eigenvalue weighted by Crippen LogP contribution is -2.17. The van der Waals surface area contributed by atoms with Crippen molar-refractivity contribution >= 4 is 58.3 Å². The molecule has 0 spiro atoms. The van der Waals surface area contributed by atoms with Crippen LogP contribution in [0.15, 0.2) is 53.6 Å². The Morgan fingerprint density at radius 2 is 1.85 bits per heavy atom. The molecule has 0 aliphatic carbocycles. The highest BCUT2D eigenvalue weighted by atomic mass is 35.5. The Hall–Kier alpha value is -1.66. The fraction of sp³-hybridized carbons (Fsp3) is 0.111. The highest BCUT2D eigenvalue weighted by Gasteiger charge is 2.15. The molecule has 134 valence electrons. The van der Waals surface area contributed by atoms with E-state index in [0.717, 1.165) is 10.5 Å². The van der Waals surface area contributed by atoms with Gasteiger partial charge in [0.25, 0.3) is 5.91 Å². The largest absolute Gasteiger partial charge is 0.307 e. The van der Waals surface area contributed by atoms with E-state index in [1.807, 2.05) is 12.3 Å². The zero-order valence-electron chi connectivity index (χ0n) is 13.7. The lowest BCUT2D eigenvalue weighted by molar-refractivity contribution is 0.102. The van der Waals surface area contributed by atoms with Gasteiger partial charge in [-0.3, -0.25) is 4.79 Å². The van der Waals surface area contributed by atoms with E-state index in [-0.39, 0.29) is 5.91 Å². The summed E-state index contributed by atoms with van der Waals surface area (Å²) < 4.78 is 1.62. The Bertz CT molecular complexity index is 938. The standard InChI is InChI=1S/C18H14Cl3N3OS/c1-26-11-5-6-16(21)12(9-11)18(25)23-17-7-8-22-24(17)10-13-14(19)3-2-4-15(13)20/h2-9H,10H2,1H3,(H,23,25). The van der Waals surface area contributed by atoms with Crippen LogP contribution in [-0.4, -0.2) is 21.9 Å². The third kappa shape index (κ3) is 4.18. The summed E-state index contributed by atoms with van der Waals surface area (Å²) in [5, 5.41) is 8.56. The summed E-state index contributed by atoms with van der Waals surface area (Å²) in [5.41, 5.74) is 1.14. The molecule has 0 unspecified atom stereocenters. The van der Waals surface area contributed by atoms with E-state index in [1.165, 1.54) is 11.8 Å². The first-order valence-electron chi connectivity index (χ1n) is 7.59. The van der Waals surface area contributed by atoms with E-state index in [0.29, 0.717) is 33.0 Å². The van der Waals surface area contributed by atoms with E-state index in [2.05, 4.69) is 10.4 Å². The summed E-state index contributed by atoms with van der Waals surface area (Å²) >= 11 is 20.2. The number of hydrogen-bond acceptors (Lipinski definition) is 3. The minimum atomic E-state index is -0.307. The number of anilines is 1. The third-order valence-corrected chi connectivity index (χ3v) is 5.51. The second-order valence-corrected chi connectivity index (χ2v) is 7.48. The highest BCUT2D eigenvalue weighted by molar-refractivity contribution is 7.98. The summed E-state index contributed by atoms with van der Waals surface area (Å²) in [4.78, 5) is 13.6. The number of rotatable bonds is 5. The van der Waals surface area contributed by atoms with Gasteiger partial charge in [0, 0.05) is 26.6 Å². The number of thioether (sulfide) groups is 1. The van der Waals surface area contributed by atoms with Crippen molar-refractivity contribution in [2.75, 3.05) is 11.6 Å². The molecule has 0 atom stereocenters. The second kappa shape index (κ2) is 8.35. The Labute approximate surface area is 170 Å². The molecule has 1 N–H and O–H groups in total. The van der Waals surface area contributed by atoms with Crippen molar-refractivity contribution in [3.63, 3.8) is 0 Å². The minimum Gasteiger partial charge on any atom is -0.307 e. The summed E-state index contributed by atoms with van der Waals surface area (Å²) in [5.74, 6) is 0.217. The third-order valence-electron chi connectivity index (χ3n) is 3.75. The normalized spacial score (nSPS) is 10.8. The molecule has 1 aromatic heterocycles. The maximum atomic E-state index is 12.6. The highest BCUT2D eigenvalue weighted by Crippen LogP contribution is 2.27. The Kier molecular flexibility index (Phi) is 6.14. The zero-order chi connectivity index (χ0) is 18.7. The topological polar surface area (TPSA) is 46.9 Å². The molecule has 0 radical (unpaired) electrons. The first-order chi connectivity index (χ1) is 12.5. The quantitative estimate of drug-likeness (QED) is 0.519. The van der Waals surface area contributed by atoms with Gasteiger partial charge in [-0.1, -0.05) is 40.9 Å². The van der Waals surface area contributed by atoms with Crippen molar-refractivity contribution in [1.82, 2.24) is 9.78 Å². The predicted molar refractivity (Wildman–Crippen MR) is 109 cm³/mol. The molecule has 0 bridgehead atoms. The number of hydrogen-bond donors (Lipinski definition) is 1. The van der Waals surface area contributed by atoms with Crippen molar-refractivity contribution < 1.29 is 4.79 Å². The summed E-state index contributed by atoms with van der Waals surface area (Å²) in [6.07, 6.45) is 3.54. The van der Waals surface area contributed by atoms with Gasteiger partial charge in [0.2, 0.25) is 0 Å². The number of nitrogens with one attached hydrogen (secondary N) is 1. The van der Waals surface area contributed by atoms with Crippen LogP contribution < -0.4 is 5.32 Å². The SMILES string of the molecule is CSc1ccc(Cl)c(C(=O)Nc2ccnn2Cc2c(Cl)cccc2Cl)c1. The monoisotopic (exact) mass is 425 g/mol. The molecular weight excluding hydrogens is 413 g/mol. The molecule has 2 aromatic carbocycles. The molecule has 1 heterocycles. The Morgan fingerprint density at radius 3 is 2.54 bits per heavy atom. The number of carbonyl (C=O) groups excluding carboxylic acids is 1. The molecule has 3 aromatic rings. The lowest BCUT2D eigenvalue weighted by Gasteiger charge is -2.12. The summed E-state index contributed by atoms with van der Waals surface area (Å²) in [6, 6.07) is 12.3. The van der Waals surface area contributed by atoms with Gasteiger partial charge in [-0.15, -0.1) is 11.8 Å². The fourth-order valence-electron chi connectivity index (χ4n) is 2.39. The fourth-order valence-corrected chi connectivity index (χ4v) is 3.55. The van der Waals surface area contributed by atoms with E-state index < -0.39 is 0 Å². The molecule has 4 nitrogen and oxygen atoms in total. The van der Waals surface area contributed by atoms with E-state index in [4.69, 9.17) is 34.8 Å². The van der Waals surface area contributed by atoms with Gasteiger partial charge in [-0.2, -0.15) is 5.10 Å². The van der Waals surface area contributed by atoms with Gasteiger partial charge < -0.3 is 5.32 Å². The maximum Gasteiger partial charge on any atom is 0.258 e. The molecule has 3 rings (SSSR count). The van der Waals surface area contributed by atoms with Gasteiger partial charge in [-0.25, -0.2) is 4.68 Å². The van der Waals surface area contributed by atoms with E-state index in [9.17, 15) is 4.79 Å². The van der Waals surface area contributed by atoms with E-state index in [1.54, 1.807) is 47.3 Å². The number of nitrogens with zero attached hydrogens (tertiary/aromatic N) is 2. The minimum absolute atomic E-state index is 0.307. The van der Waals surface area contributed by atoms with Gasteiger partial charge >= 0.3 is 0 Å². The molecule has 26 heavy (non-hydrogen) atoms. The predicted octanol–water partition coefficient (Wildman–Crippen LogP) is 5.87. The van der Waals surface area contributed by atoms with Crippen LogP contribution in [0.25, 0.3) is 0 Å². The van der Waals surface area contributed by atoms with E-state index >= 15 is 0 Å². The van der Waals surface area contributed by atoms with Gasteiger partial charge in [0.1, 0.15) is 5.82 Å². The van der Waals surface area contributed by atoms with Crippen molar-refractivity contribution in [2.24, 2.45) is 0 Å². The zero-order valence-corrected chi connectivity index (χ0v) is 16.8. The Balaban J connectivity index is 1.84. The van der Waals surface area contributed by atoms with Crippen molar-refractivity contribution in [1.29, 1.82) is 0 Å². The Morgan fingerprint density at radius 1 is 1.12 bits per heavy atom. The van der Waals surface area contributed by atoms with Crippen LogP contribution in [0, 0.1) is 0 Å². The molecule has 0 saturated carbocycles. The van der Waals surface area contributed by atoms with Gasteiger partial charge in [0.15, 0.2) is 0 Å². The number of aromatic nitrogens is 2. The van der Waals surface area contributed by atoms with Crippen molar-refractivity contribution in [3.05, 3.63) is 74.9 Å². The second-order valence-electron chi connectivity index (χ2n) is 5.37. The number of benzene rings is 2. The molecule has 1 amide bonds. The average Bonchev–Trinajstić information content (AvgIpc) is 3.05. The molecule has 0 aliphatic heterocycles. The maximum absolute atomic E-state index is 12.6. The van der Waals surface area contributed by atoms with Crippen LogP contribution in [0.2, 0.25) is 15.1 Å². The molecule has 0 fully saturated rings.